The molecule has 0 atom stereocenters. The SMILES string of the molecule is O=C1/C(=C/c2ccccc2)N=C(c2ccccc2)N1NC(=S)Nc1nc2ccc(Cl)cc2s1. The standard InChI is InChI=1S/C24H16ClN5OS2/c25-17-11-12-18-20(14-17)33-24(27-18)28-23(32)29-30-21(16-9-5-2-6-10-16)26-19(22(30)31)13-15-7-3-1-4-8-15/h1-14H,(H2,27,28,29,32)/b19-13-. The summed E-state index contributed by atoms with van der Waals surface area (Å²) in [5, 5.41) is 5.86. The predicted molar refractivity (Wildman–Crippen MR) is 138 cm³/mol. The predicted octanol–water partition coefficient (Wildman–Crippen LogP) is 5.48. The number of nitrogens with one attached hydrogen (secondary N) is 2. The molecule has 3 aromatic carbocycles. The van der Waals surface area contributed by atoms with Crippen molar-refractivity contribution in [1.82, 2.24) is 15.4 Å². The fraction of sp³-hybridized carbons (Fsp3) is 0. The molecule has 0 spiro atoms. The van der Waals surface area contributed by atoms with E-state index in [0.717, 1.165) is 21.3 Å². The molecule has 5 rings (SSSR count). The number of halogens is 1. The Morgan fingerprint density at radius 1 is 1.03 bits per heavy atom. The lowest BCUT2D eigenvalue weighted by Crippen LogP contribution is -2.48. The van der Waals surface area contributed by atoms with E-state index in [4.69, 9.17) is 23.8 Å². The second-order valence-corrected chi connectivity index (χ2v) is 8.95. The van der Waals surface area contributed by atoms with Gasteiger partial charge in [0.2, 0.25) is 0 Å². The summed E-state index contributed by atoms with van der Waals surface area (Å²) in [7, 11) is 0. The van der Waals surface area contributed by atoms with Gasteiger partial charge in [-0.1, -0.05) is 83.6 Å². The first-order chi connectivity index (χ1) is 16.1. The Balaban J connectivity index is 1.41. The number of hydrazine groups is 1. The Morgan fingerprint density at radius 3 is 2.52 bits per heavy atom. The molecule has 0 bridgehead atoms. The lowest BCUT2D eigenvalue weighted by molar-refractivity contribution is -0.123. The van der Waals surface area contributed by atoms with E-state index in [1.165, 1.54) is 16.3 Å². The highest BCUT2D eigenvalue weighted by molar-refractivity contribution is 7.80. The van der Waals surface area contributed by atoms with Gasteiger partial charge >= 0.3 is 0 Å². The molecule has 2 heterocycles. The molecule has 162 valence electrons. The van der Waals surface area contributed by atoms with Crippen molar-refractivity contribution in [1.29, 1.82) is 0 Å². The molecule has 1 aliphatic rings. The summed E-state index contributed by atoms with van der Waals surface area (Å²) in [6, 6.07) is 24.5. The monoisotopic (exact) mass is 489 g/mol. The number of amides is 1. The van der Waals surface area contributed by atoms with Gasteiger partial charge in [-0.25, -0.2) is 9.98 Å². The van der Waals surface area contributed by atoms with Crippen molar-refractivity contribution in [2.24, 2.45) is 4.99 Å². The summed E-state index contributed by atoms with van der Waals surface area (Å²) in [4.78, 5) is 22.3. The maximum absolute atomic E-state index is 13.2. The van der Waals surface area contributed by atoms with Gasteiger partial charge in [0, 0.05) is 10.6 Å². The molecular weight excluding hydrogens is 474 g/mol. The maximum Gasteiger partial charge on any atom is 0.297 e. The highest BCUT2D eigenvalue weighted by atomic mass is 35.5. The fourth-order valence-corrected chi connectivity index (χ4v) is 4.69. The molecule has 0 saturated carbocycles. The summed E-state index contributed by atoms with van der Waals surface area (Å²) >= 11 is 13.0. The Kier molecular flexibility index (Phi) is 5.87. The number of aromatic nitrogens is 1. The molecule has 1 aliphatic heterocycles. The molecule has 4 aromatic rings. The zero-order valence-corrected chi connectivity index (χ0v) is 19.4. The fourth-order valence-electron chi connectivity index (χ4n) is 3.29. The van der Waals surface area contributed by atoms with Crippen LogP contribution in [-0.2, 0) is 4.79 Å². The van der Waals surface area contributed by atoms with E-state index in [0.29, 0.717) is 21.7 Å². The molecule has 0 aliphatic carbocycles. The van der Waals surface area contributed by atoms with Gasteiger partial charge in [0.1, 0.15) is 5.70 Å². The van der Waals surface area contributed by atoms with Gasteiger partial charge in [-0.3, -0.25) is 10.2 Å². The first-order valence-electron chi connectivity index (χ1n) is 9.96. The Labute approximate surface area is 204 Å². The number of anilines is 1. The number of rotatable bonds is 4. The van der Waals surface area contributed by atoms with Crippen molar-refractivity contribution in [3.8, 4) is 0 Å². The number of benzene rings is 3. The molecule has 9 heteroatoms. The quantitative estimate of drug-likeness (QED) is 0.293. The number of hydrogen-bond acceptors (Lipinski definition) is 5. The first-order valence-corrected chi connectivity index (χ1v) is 11.6. The van der Waals surface area contributed by atoms with Gasteiger partial charge in [0.15, 0.2) is 16.1 Å². The lowest BCUT2D eigenvalue weighted by Gasteiger charge is -2.20. The summed E-state index contributed by atoms with van der Waals surface area (Å²) < 4.78 is 0.935. The topological polar surface area (TPSA) is 69.6 Å². The smallest absolute Gasteiger partial charge is 0.297 e. The maximum atomic E-state index is 13.2. The summed E-state index contributed by atoms with van der Waals surface area (Å²) in [6.45, 7) is 0. The Hall–Kier alpha value is -3.59. The lowest BCUT2D eigenvalue weighted by atomic mass is 10.2. The van der Waals surface area contributed by atoms with Crippen LogP contribution in [0.5, 0.6) is 0 Å². The number of amidine groups is 1. The van der Waals surface area contributed by atoms with Crippen LogP contribution in [0, 0.1) is 0 Å². The minimum atomic E-state index is -0.307. The number of aliphatic imine (C=N–C) groups is 1. The zero-order valence-electron chi connectivity index (χ0n) is 17.0. The van der Waals surface area contributed by atoms with Crippen LogP contribution in [0.15, 0.2) is 89.6 Å². The van der Waals surface area contributed by atoms with E-state index >= 15 is 0 Å². The van der Waals surface area contributed by atoms with E-state index in [2.05, 4.69) is 20.7 Å². The second-order valence-electron chi connectivity index (χ2n) is 7.08. The van der Waals surface area contributed by atoms with Crippen molar-refractivity contribution in [3.63, 3.8) is 0 Å². The van der Waals surface area contributed by atoms with Crippen LogP contribution in [-0.4, -0.2) is 26.8 Å². The van der Waals surface area contributed by atoms with Crippen molar-refractivity contribution < 1.29 is 4.79 Å². The van der Waals surface area contributed by atoms with E-state index in [9.17, 15) is 4.79 Å². The molecule has 0 radical (unpaired) electrons. The van der Waals surface area contributed by atoms with Crippen molar-refractivity contribution in [2.75, 3.05) is 5.32 Å². The third-order valence-corrected chi connectivity index (χ3v) is 6.14. The van der Waals surface area contributed by atoms with Crippen LogP contribution in [0.1, 0.15) is 11.1 Å². The number of hydrogen-bond donors (Lipinski definition) is 2. The molecular formula is C24H16ClN5OS2. The van der Waals surface area contributed by atoms with E-state index < -0.39 is 0 Å². The average Bonchev–Trinajstić information content (AvgIpc) is 3.35. The van der Waals surface area contributed by atoms with Gasteiger partial charge in [-0.05, 0) is 42.1 Å². The van der Waals surface area contributed by atoms with Crippen LogP contribution in [0.25, 0.3) is 16.3 Å². The van der Waals surface area contributed by atoms with Gasteiger partial charge in [0.05, 0.1) is 10.2 Å². The molecule has 1 aromatic heterocycles. The number of fused-ring (bicyclic) bond motifs is 1. The van der Waals surface area contributed by atoms with Crippen LogP contribution in [0.3, 0.4) is 0 Å². The van der Waals surface area contributed by atoms with Crippen LogP contribution in [0.2, 0.25) is 5.02 Å². The Bertz CT molecular complexity index is 1420. The molecule has 1 amide bonds. The molecule has 2 N–H and O–H groups in total. The van der Waals surface area contributed by atoms with E-state index in [-0.39, 0.29) is 11.0 Å². The third-order valence-electron chi connectivity index (χ3n) is 4.78. The van der Waals surface area contributed by atoms with E-state index in [1.54, 1.807) is 12.1 Å². The number of thiocarbonyl (C=S) groups is 1. The normalized spacial score (nSPS) is 14.6. The summed E-state index contributed by atoms with van der Waals surface area (Å²) in [5.41, 5.74) is 5.76. The van der Waals surface area contributed by atoms with Crippen LogP contribution in [0.4, 0.5) is 5.13 Å². The van der Waals surface area contributed by atoms with E-state index in [1.807, 2.05) is 72.8 Å². The van der Waals surface area contributed by atoms with Crippen molar-refractivity contribution >= 4 is 73.4 Å². The molecule has 0 saturated heterocycles. The minimum absolute atomic E-state index is 0.220. The summed E-state index contributed by atoms with van der Waals surface area (Å²) in [5.74, 6) is 0.154. The highest BCUT2D eigenvalue weighted by Crippen LogP contribution is 2.28. The average molecular weight is 490 g/mol. The third kappa shape index (κ3) is 4.63. The van der Waals surface area contributed by atoms with Crippen molar-refractivity contribution in [2.45, 2.75) is 0 Å². The van der Waals surface area contributed by atoms with Gasteiger partial charge in [0.25, 0.3) is 5.91 Å². The zero-order chi connectivity index (χ0) is 22.8. The largest absolute Gasteiger partial charge is 0.307 e. The number of nitrogens with zero attached hydrogens (tertiary/aromatic N) is 3. The number of carbonyl (C=O) groups excluding carboxylic acids is 1. The van der Waals surface area contributed by atoms with Crippen molar-refractivity contribution in [3.05, 3.63) is 101 Å². The van der Waals surface area contributed by atoms with Crippen LogP contribution < -0.4 is 10.7 Å². The first kappa shape index (κ1) is 21.3. The second kappa shape index (κ2) is 9.11. The number of thiazole rings is 1. The number of carbonyl (C=O) groups is 1. The van der Waals surface area contributed by atoms with Crippen LogP contribution >= 0.6 is 35.2 Å². The highest BCUT2D eigenvalue weighted by Gasteiger charge is 2.32. The Morgan fingerprint density at radius 2 is 1.76 bits per heavy atom. The van der Waals surface area contributed by atoms with Gasteiger partial charge in [-0.2, -0.15) is 5.01 Å². The molecule has 0 fully saturated rings. The molecule has 6 nitrogen and oxygen atoms in total. The van der Waals surface area contributed by atoms with Gasteiger partial charge < -0.3 is 5.32 Å². The summed E-state index contributed by atoms with van der Waals surface area (Å²) in [6.07, 6.45) is 1.75. The van der Waals surface area contributed by atoms with Gasteiger partial charge in [-0.15, -0.1) is 0 Å². The molecule has 0 unspecified atom stereocenters. The molecule has 33 heavy (non-hydrogen) atoms. The minimum Gasteiger partial charge on any atom is -0.307 e.